The van der Waals surface area contributed by atoms with Gasteiger partial charge in [-0.1, -0.05) is 41.4 Å². The average Bonchev–Trinajstić information content (AvgIpc) is 3.35. The molecule has 7 nitrogen and oxygen atoms in total. The first-order valence-corrected chi connectivity index (χ1v) is 9.62. The molecule has 0 saturated carbocycles. The van der Waals surface area contributed by atoms with E-state index in [0.29, 0.717) is 16.6 Å². The largest absolute Gasteiger partial charge is 0.281 e. The summed E-state index contributed by atoms with van der Waals surface area (Å²) < 4.78 is 2.01. The molecule has 3 N–H and O–H groups in total. The molecule has 5 rings (SSSR count). The van der Waals surface area contributed by atoms with Gasteiger partial charge in [0.2, 0.25) is 0 Å². The van der Waals surface area contributed by atoms with Crippen molar-refractivity contribution in [3.05, 3.63) is 75.3 Å². The van der Waals surface area contributed by atoms with Crippen molar-refractivity contribution in [1.82, 2.24) is 31.2 Å². The van der Waals surface area contributed by atoms with Crippen molar-refractivity contribution in [3.8, 4) is 5.69 Å². The second-order valence-electron chi connectivity index (χ2n) is 6.28. The number of aromatic nitrogens is 3. The molecular formula is C19H19Cl2N7. The fraction of sp³-hybridized carbons (Fsp3) is 0.211. The highest BCUT2D eigenvalue weighted by atomic mass is 35.5. The number of aryl methyl sites for hydroxylation is 1. The van der Waals surface area contributed by atoms with E-state index >= 15 is 0 Å². The van der Waals surface area contributed by atoms with Crippen molar-refractivity contribution < 1.29 is 0 Å². The predicted molar refractivity (Wildman–Crippen MR) is 111 cm³/mol. The minimum absolute atomic E-state index is 0.438. The van der Waals surface area contributed by atoms with Gasteiger partial charge in [0, 0.05) is 34.3 Å². The number of hydrogen-bond acceptors (Lipinski definition) is 6. The summed E-state index contributed by atoms with van der Waals surface area (Å²) in [7, 11) is 0. The lowest BCUT2D eigenvalue weighted by Gasteiger charge is -2.13. The van der Waals surface area contributed by atoms with E-state index in [2.05, 4.69) is 26.6 Å². The maximum Gasteiger partial charge on any atom is 0.159 e. The molecule has 1 fully saturated rings. The molecule has 0 amide bonds. The molecule has 3 heterocycles. The zero-order valence-corrected chi connectivity index (χ0v) is 16.7. The molecule has 2 aromatic carbocycles. The van der Waals surface area contributed by atoms with E-state index in [1.54, 1.807) is 0 Å². The molecule has 28 heavy (non-hydrogen) atoms. The molecule has 2 aliphatic rings. The average molecular weight is 416 g/mol. The maximum absolute atomic E-state index is 6.39. The van der Waals surface area contributed by atoms with Gasteiger partial charge in [0.25, 0.3) is 0 Å². The van der Waals surface area contributed by atoms with Gasteiger partial charge in [0.05, 0.1) is 11.4 Å². The van der Waals surface area contributed by atoms with Crippen molar-refractivity contribution >= 4 is 28.9 Å². The van der Waals surface area contributed by atoms with Crippen molar-refractivity contribution in [2.24, 2.45) is 4.99 Å². The van der Waals surface area contributed by atoms with Crippen LogP contribution in [0.5, 0.6) is 0 Å². The highest BCUT2D eigenvalue weighted by Crippen LogP contribution is 2.30. The Morgan fingerprint density at radius 1 is 0.964 bits per heavy atom. The number of fused-ring (bicyclic) bond motifs is 3. The fourth-order valence-corrected chi connectivity index (χ4v) is 3.54. The monoisotopic (exact) mass is 415 g/mol. The summed E-state index contributed by atoms with van der Waals surface area (Å²) >= 11 is 12.6. The minimum atomic E-state index is 0.438. The topological polar surface area (TPSA) is 79.2 Å². The fourth-order valence-electron chi connectivity index (χ4n) is 3.15. The molecule has 144 valence electrons. The summed E-state index contributed by atoms with van der Waals surface area (Å²) in [5.41, 5.74) is 12.0. The Kier molecular flexibility index (Phi) is 5.70. The van der Waals surface area contributed by atoms with Crippen LogP contribution in [0.1, 0.15) is 22.8 Å². The van der Waals surface area contributed by atoms with E-state index in [9.17, 15) is 0 Å². The summed E-state index contributed by atoms with van der Waals surface area (Å²) in [6.45, 7) is 4.42. The van der Waals surface area contributed by atoms with E-state index < -0.39 is 0 Å². The maximum atomic E-state index is 6.39. The molecule has 1 aromatic heterocycles. The third kappa shape index (κ3) is 3.80. The normalized spacial score (nSPS) is 15.0. The SMILES string of the molecule is C1CNNN1.Cc1nnc2n1-c1ccc(Cl)cc1C(c1ccccc1Cl)=NC2. The number of halogens is 2. The van der Waals surface area contributed by atoms with Crippen LogP contribution < -0.4 is 16.4 Å². The van der Waals surface area contributed by atoms with Gasteiger partial charge in [-0.3, -0.25) is 9.56 Å². The summed E-state index contributed by atoms with van der Waals surface area (Å²) in [6.07, 6.45) is 0. The molecule has 9 heteroatoms. The number of nitrogens with zero attached hydrogens (tertiary/aromatic N) is 4. The van der Waals surface area contributed by atoms with Crippen molar-refractivity contribution in [3.63, 3.8) is 0 Å². The van der Waals surface area contributed by atoms with Crippen molar-refractivity contribution in [1.29, 1.82) is 0 Å². The Morgan fingerprint density at radius 3 is 2.46 bits per heavy atom. The molecule has 0 bridgehead atoms. The molecule has 3 aromatic rings. The first kappa shape index (κ1) is 19.0. The van der Waals surface area contributed by atoms with Crippen LogP contribution in [0.4, 0.5) is 0 Å². The highest BCUT2D eigenvalue weighted by molar-refractivity contribution is 6.36. The van der Waals surface area contributed by atoms with Gasteiger partial charge in [0.1, 0.15) is 12.4 Å². The molecule has 0 spiro atoms. The molecule has 1 saturated heterocycles. The lowest BCUT2D eigenvalue weighted by molar-refractivity contribution is 0.592. The van der Waals surface area contributed by atoms with Crippen LogP contribution >= 0.6 is 23.2 Å². The molecule has 0 atom stereocenters. The zero-order chi connectivity index (χ0) is 19.5. The lowest BCUT2D eigenvalue weighted by atomic mass is 10.0. The van der Waals surface area contributed by atoms with Crippen LogP contribution in [0.3, 0.4) is 0 Å². The molecular weight excluding hydrogens is 397 g/mol. The van der Waals surface area contributed by atoms with Gasteiger partial charge in [-0.15, -0.1) is 10.2 Å². The molecule has 0 unspecified atom stereocenters. The van der Waals surface area contributed by atoms with E-state index in [0.717, 1.165) is 47.3 Å². The van der Waals surface area contributed by atoms with Gasteiger partial charge in [-0.05, 0) is 31.2 Å². The predicted octanol–water partition coefficient (Wildman–Crippen LogP) is 2.83. The highest BCUT2D eigenvalue weighted by Gasteiger charge is 2.22. The minimum Gasteiger partial charge on any atom is -0.281 e. The number of nitrogens with one attached hydrogen (secondary N) is 3. The lowest BCUT2D eigenvalue weighted by Crippen LogP contribution is -2.29. The van der Waals surface area contributed by atoms with E-state index in [1.807, 2.05) is 54.0 Å². The second-order valence-corrected chi connectivity index (χ2v) is 7.13. The quantitative estimate of drug-likeness (QED) is 0.569. The number of hydrogen-bond donors (Lipinski definition) is 3. The first-order valence-electron chi connectivity index (χ1n) is 8.86. The second kappa shape index (κ2) is 8.38. The zero-order valence-electron chi connectivity index (χ0n) is 15.2. The van der Waals surface area contributed by atoms with Gasteiger partial charge < -0.3 is 0 Å². The van der Waals surface area contributed by atoms with Crippen LogP contribution in [0, 0.1) is 6.92 Å². The van der Waals surface area contributed by atoms with Crippen molar-refractivity contribution in [2.75, 3.05) is 13.1 Å². The van der Waals surface area contributed by atoms with Gasteiger partial charge in [-0.25, -0.2) is 10.9 Å². The Morgan fingerprint density at radius 2 is 1.75 bits per heavy atom. The van der Waals surface area contributed by atoms with E-state index in [-0.39, 0.29) is 0 Å². The Balaban J connectivity index is 0.000000336. The first-order chi connectivity index (χ1) is 13.6. The van der Waals surface area contributed by atoms with Crippen LogP contribution in [-0.2, 0) is 6.54 Å². The van der Waals surface area contributed by atoms with Crippen LogP contribution in [0.25, 0.3) is 5.69 Å². The van der Waals surface area contributed by atoms with Crippen molar-refractivity contribution in [2.45, 2.75) is 13.5 Å². The van der Waals surface area contributed by atoms with Gasteiger partial charge in [-0.2, -0.15) is 5.53 Å². The Labute approximate surface area is 172 Å². The Bertz CT molecular complexity index is 1020. The van der Waals surface area contributed by atoms with E-state index in [1.165, 1.54) is 0 Å². The summed E-state index contributed by atoms with van der Waals surface area (Å²) in [5.74, 6) is 1.62. The number of rotatable bonds is 1. The smallest absolute Gasteiger partial charge is 0.159 e. The third-order valence-electron chi connectivity index (χ3n) is 4.41. The standard InChI is InChI=1S/C17H12Cl2N4.C2H7N3/c1-10-21-22-16-9-20-17(12-4-2-3-5-14(12)19)13-8-11(18)6-7-15(13)23(10)16;1-2-4-5-3-1/h2-8H,9H2,1H3;3-5H,1-2H2. The van der Waals surface area contributed by atoms with Gasteiger partial charge in [0.15, 0.2) is 5.82 Å². The van der Waals surface area contributed by atoms with Gasteiger partial charge >= 0.3 is 0 Å². The van der Waals surface area contributed by atoms with Crippen LogP contribution in [0.2, 0.25) is 10.0 Å². The number of aliphatic imine (C=N–C) groups is 1. The van der Waals surface area contributed by atoms with Crippen LogP contribution in [0.15, 0.2) is 47.5 Å². The summed E-state index contributed by atoms with van der Waals surface area (Å²) in [4.78, 5) is 4.74. The van der Waals surface area contributed by atoms with Crippen LogP contribution in [-0.4, -0.2) is 33.6 Å². The Hall–Kier alpha value is -2.29. The van der Waals surface area contributed by atoms with E-state index in [4.69, 9.17) is 28.2 Å². The summed E-state index contributed by atoms with van der Waals surface area (Å²) in [5, 5.41) is 9.70. The molecule has 0 radical (unpaired) electrons. The third-order valence-corrected chi connectivity index (χ3v) is 4.97. The number of benzene rings is 2. The molecule has 2 aliphatic heterocycles. The summed E-state index contributed by atoms with van der Waals surface area (Å²) in [6, 6.07) is 13.4. The molecule has 0 aliphatic carbocycles. The number of hydrazine groups is 2.